The minimum atomic E-state index is -0.516. The van der Waals surface area contributed by atoms with Gasteiger partial charge in [-0.3, -0.25) is 0 Å². The van der Waals surface area contributed by atoms with Crippen LogP contribution < -0.4 is 0 Å². The molecule has 7 heteroatoms. The molecule has 2 aromatic heterocycles. The van der Waals surface area contributed by atoms with Crippen LogP contribution in [-0.4, -0.2) is 27.8 Å². The first-order chi connectivity index (χ1) is 10.1. The van der Waals surface area contributed by atoms with Gasteiger partial charge in [0.15, 0.2) is 5.69 Å². The van der Waals surface area contributed by atoms with Crippen LogP contribution in [0.1, 0.15) is 17.9 Å². The lowest BCUT2D eigenvalue weighted by molar-refractivity contribution is 0.0595. The second kappa shape index (κ2) is 6.46. The predicted octanol–water partition coefficient (Wildman–Crippen LogP) is 4.26. The van der Waals surface area contributed by atoms with E-state index in [-0.39, 0.29) is 13.1 Å². The highest BCUT2D eigenvalue weighted by molar-refractivity contribution is 9.10. The molecule has 22 heavy (non-hydrogen) atoms. The first-order valence-electron chi connectivity index (χ1n) is 5.98. The lowest BCUT2D eigenvalue weighted by Crippen LogP contribution is -2.04. The number of hydrogen-bond acceptors (Lipinski definition) is 4. The molecule has 0 unspecified atom stereocenters. The van der Waals surface area contributed by atoms with Gasteiger partial charge in [-0.15, -0.1) is 0 Å². The van der Waals surface area contributed by atoms with E-state index in [1.54, 1.807) is 10.7 Å². The first-order valence-corrected chi connectivity index (χ1v) is 7.16. The summed E-state index contributed by atoms with van der Waals surface area (Å²) in [7, 11) is 1.32. The Hall–Kier alpha value is -1.92. The second-order valence-corrected chi connectivity index (χ2v) is 5.56. The average Bonchev–Trinajstić information content (AvgIpc) is 2.85. The largest absolute Gasteiger partial charge is 0.464 e. The minimum Gasteiger partial charge on any atom is -0.464 e. The molecule has 0 radical (unpaired) electrons. The number of rotatable bonds is 2. The van der Waals surface area contributed by atoms with Crippen LogP contribution in [0.5, 0.6) is 0 Å². The predicted molar refractivity (Wildman–Crippen MR) is 89.6 cm³/mol. The van der Waals surface area contributed by atoms with Gasteiger partial charge in [0.25, 0.3) is 0 Å². The summed E-state index contributed by atoms with van der Waals surface area (Å²) in [6.45, 7) is 0. The first kappa shape index (κ1) is 16.5. The number of nitrogens with zero attached hydrogens (tertiary/aromatic N) is 3. The third-order valence-corrected chi connectivity index (χ3v) is 3.66. The van der Waals surface area contributed by atoms with E-state index in [1.165, 1.54) is 13.3 Å². The third-order valence-electron chi connectivity index (χ3n) is 2.96. The molecule has 0 aliphatic heterocycles. The van der Waals surface area contributed by atoms with Crippen LogP contribution >= 0.6 is 27.5 Å². The smallest absolute Gasteiger partial charge is 0.359 e. The standard InChI is InChI=1S/C14H9BrClN3O2.CH4/c1-21-14(20)13-10-7-17-12(16)6-11(10)19(18-13)9-4-2-3-8(15)5-9;/h2-7H,1H3;1H4. The average molecular weight is 383 g/mol. The number of fused-ring (bicyclic) bond motifs is 1. The lowest BCUT2D eigenvalue weighted by atomic mass is 10.2. The summed E-state index contributed by atoms with van der Waals surface area (Å²) in [6.07, 6.45) is 1.52. The van der Waals surface area contributed by atoms with Crippen LogP contribution in [0.4, 0.5) is 0 Å². The van der Waals surface area contributed by atoms with Crippen LogP contribution in [0.3, 0.4) is 0 Å². The molecular weight excluding hydrogens is 370 g/mol. The quantitative estimate of drug-likeness (QED) is 0.491. The van der Waals surface area contributed by atoms with E-state index in [9.17, 15) is 4.79 Å². The Morgan fingerprint density at radius 2 is 2.14 bits per heavy atom. The van der Waals surface area contributed by atoms with Crippen molar-refractivity contribution in [2.45, 2.75) is 7.43 Å². The number of ether oxygens (including phenoxy) is 1. The Kier molecular flexibility index (Phi) is 4.83. The molecule has 3 rings (SSSR count). The highest BCUT2D eigenvalue weighted by Gasteiger charge is 2.19. The summed E-state index contributed by atoms with van der Waals surface area (Å²) in [5.74, 6) is -0.516. The maximum absolute atomic E-state index is 11.9. The van der Waals surface area contributed by atoms with Gasteiger partial charge in [0.2, 0.25) is 0 Å². The number of methoxy groups -OCH3 is 1. The van der Waals surface area contributed by atoms with Crippen molar-refractivity contribution in [2.75, 3.05) is 7.11 Å². The molecule has 3 aromatic rings. The van der Waals surface area contributed by atoms with Crippen molar-refractivity contribution in [2.24, 2.45) is 0 Å². The Labute approximate surface area is 141 Å². The number of carbonyl (C=O) groups excluding carboxylic acids is 1. The van der Waals surface area contributed by atoms with Gasteiger partial charge in [-0.05, 0) is 18.2 Å². The molecular formula is C15H13BrClN3O2. The van der Waals surface area contributed by atoms with E-state index < -0.39 is 5.97 Å². The Bertz CT molecular complexity index is 848. The van der Waals surface area contributed by atoms with Crippen molar-refractivity contribution in [3.63, 3.8) is 0 Å². The molecule has 114 valence electrons. The third kappa shape index (κ3) is 2.84. The van der Waals surface area contributed by atoms with Crippen LogP contribution in [0.25, 0.3) is 16.6 Å². The Balaban J connectivity index is 0.00000176. The molecule has 0 bridgehead atoms. The molecule has 0 saturated heterocycles. The lowest BCUT2D eigenvalue weighted by Gasteiger charge is -2.03. The number of carbonyl (C=O) groups is 1. The number of aromatic nitrogens is 3. The number of esters is 1. The maximum atomic E-state index is 11.9. The highest BCUT2D eigenvalue weighted by Crippen LogP contribution is 2.25. The topological polar surface area (TPSA) is 57.0 Å². The van der Waals surface area contributed by atoms with Gasteiger partial charge in [0.05, 0.1) is 23.7 Å². The van der Waals surface area contributed by atoms with Crippen LogP contribution in [0, 0.1) is 0 Å². The normalized spacial score (nSPS) is 10.3. The van der Waals surface area contributed by atoms with Gasteiger partial charge in [-0.2, -0.15) is 5.10 Å². The SMILES string of the molecule is C.COC(=O)c1nn(-c2cccc(Br)c2)c2cc(Cl)ncc12. The second-order valence-electron chi connectivity index (χ2n) is 4.26. The fourth-order valence-electron chi connectivity index (χ4n) is 2.04. The summed E-state index contributed by atoms with van der Waals surface area (Å²) < 4.78 is 7.31. The van der Waals surface area contributed by atoms with Gasteiger partial charge < -0.3 is 4.74 Å². The van der Waals surface area contributed by atoms with Crippen molar-refractivity contribution in [1.82, 2.24) is 14.8 Å². The van der Waals surface area contributed by atoms with E-state index in [2.05, 4.69) is 26.0 Å². The summed E-state index contributed by atoms with van der Waals surface area (Å²) in [5, 5.41) is 5.25. The molecule has 0 aliphatic carbocycles. The maximum Gasteiger partial charge on any atom is 0.359 e. The molecule has 2 heterocycles. The van der Waals surface area contributed by atoms with Gasteiger partial charge in [-0.1, -0.05) is 41.0 Å². The van der Waals surface area contributed by atoms with E-state index in [0.29, 0.717) is 16.1 Å². The number of benzene rings is 1. The fourth-order valence-corrected chi connectivity index (χ4v) is 2.58. The molecule has 0 saturated carbocycles. The van der Waals surface area contributed by atoms with Crippen molar-refractivity contribution in [3.05, 3.63) is 51.8 Å². The minimum absolute atomic E-state index is 0. The van der Waals surface area contributed by atoms with E-state index in [4.69, 9.17) is 16.3 Å². The summed E-state index contributed by atoms with van der Waals surface area (Å²) in [6, 6.07) is 9.23. The molecule has 0 amide bonds. The Morgan fingerprint density at radius 1 is 1.36 bits per heavy atom. The number of hydrogen-bond donors (Lipinski definition) is 0. The zero-order valence-electron chi connectivity index (χ0n) is 10.9. The van der Waals surface area contributed by atoms with E-state index in [1.807, 2.05) is 24.3 Å². The molecule has 0 N–H and O–H groups in total. The van der Waals surface area contributed by atoms with Crippen molar-refractivity contribution in [3.8, 4) is 5.69 Å². The molecule has 5 nitrogen and oxygen atoms in total. The van der Waals surface area contributed by atoms with Gasteiger partial charge in [-0.25, -0.2) is 14.5 Å². The molecule has 0 aliphatic rings. The molecule has 0 fully saturated rings. The van der Waals surface area contributed by atoms with E-state index in [0.717, 1.165) is 10.2 Å². The molecule has 1 aromatic carbocycles. The molecule has 0 spiro atoms. The van der Waals surface area contributed by atoms with Gasteiger partial charge in [0.1, 0.15) is 5.15 Å². The van der Waals surface area contributed by atoms with Crippen LogP contribution in [-0.2, 0) is 4.74 Å². The van der Waals surface area contributed by atoms with Crippen LogP contribution in [0.15, 0.2) is 41.0 Å². The Morgan fingerprint density at radius 3 is 2.82 bits per heavy atom. The summed E-state index contributed by atoms with van der Waals surface area (Å²) in [4.78, 5) is 15.9. The van der Waals surface area contributed by atoms with Crippen molar-refractivity contribution >= 4 is 44.4 Å². The summed E-state index contributed by atoms with van der Waals surface area (Å²) in [5.41, 5.74) is 1.69. The zero-order chi connectivity index (χ0) is 15.0. The number of pyridine rings is 1. The van der Waals surface area contributed by atoms with Crippen molar-refractivity contribution in [1.29, 1.82) is 0 Å². The van der Waals surface area contributed by atoms with E-state index >= 15 is 0 Å². The van der Waals surface area contributed by atoms with Crippen LogP contribution in [0.2, 0.25) is 5.15 Å². The van der Waals surface area contributed by atoms with Gasteiger partial charge >= 0.3 is 5.97 Å². The van der Waals surface area contributed by atoms with Gasteiger partial charge in [0, 0.05) is 16.7 Å². The van der Waals surface area contributed by atoms with Crippen molar-refractivity contribution < 1.29 is 9.53 Å². The monoisotopic (exact) mass is 381 g/mol. The highest BCUT2D eigenvalue weighted by atomic mass is 79.9. The zero-order valence-corrected chi connectivity index (χ0v) is 13.2. The fraction of sp³-hybridized carbons (Fsp3) is 0.133. The molecule has 0 atom stereocenters. The number of halogens is 2. The summed E-state index contributed by atoms with van der Waals surface area (Å²) >= 11 is 9.37.